The molecule has 0 aliphatic carbocycles. The summed E-state index contributed by atoms with van der Waals surface area (Å²) in [5.41, 5.74) is 1.95. The average molecular weight is 527 g/mol. The summed E-state index contributed by atoms with van der Waals surface area (Å²) in [6, 6.07) is 5.83. The topological polar surface area (TPSA) is 58.1 Å². The van der Waals surface area contributed by atoms with Crippen LogP contribution in [-0.2, 0) is 0 Å². The molecule has 0 saturated heterocycles. The predicted molar refractivity (Wildman–Crippen MR) is 125 cm³/mol. The van der Waals surface area contributed by atoms with Crippen LogP contribution >= 0.6 is 47.4 Å². The molecule has 0 spiro atoms. The van der Waals surface area contributed by atoms with Gasteiger partial charge in [-0.15, -0.1) is 24.8 Å². The number of unbranched alkanes of at least 4 members (excludes halogenated alkanes) is 1. The molecular formula is C19H29Cl2IN4O. The highest BCUT2D eigenvalue weighted by Crippen LogP contribution is 2.13. The van der Waals surface area contributed by atoms with Gasteiger partial charge in [0.05, 0.1) is 17.2 Å². The smallest absolute Gasteiger partial charge is 0.271 e. The quantitative estimate of drug-likeness (QED) is 0.360. The molecule has 1 N–H and O–H groups in total. The minimum Gasteiger partial charge on any atom is -0.351 e. The molecule has 0 radical (unpaired) electrons. The van der Waals surface area contributed by atoms with Crippen LogP contribution in [-0.4, -0.2) is 47.0 Å². The van der Waals surface area contributed by atoms with Gasteiger partial charge in [-0.3, -0.25) is 9.78 Å². The lowest BCUT2D eigenvalue weighted by Gasteiger charge is -2.20. The third-order valence-electron chi connectivity index (χ3n) is 4.00. The van der Waals surface area contributed by atoms with E-state index in [0.717, 1.165) is 47.1 Å². The molecule has 152 valence electrons. The predicted octanol–water partition coefficient (Wildman–Crippen LogP) is 4.71. The summed E-state index contributed by atoms with van der Waals surface area (Å²) in [7, 11) is 0. The van der Waals surface area contributed by atoms with E-state index in [1.165, 1.54) is 12.8 Å². The van der Waals surface area contributed by atoms with E-state index in [1.807, 2.05) is 18.2 Å². The number of halogens is 3. The lowest BCUT2D eigenvalue weighted by atomic mass is 10.2. The van der Waals surface area contributed by atoms with Crippen molar-refractivity contribution in [3.63, 3.8) is 0 Å². The first-order valence-corrected chi connectivity index (χ1v) is 10.1. The molecule has 0 aliphatic heterocycles. The molecule has 0 fully saturated rings. The SMILES string of the molecule is CCCN(CCC)CCCCNC(=O)c1cnc2cc(I)ccc2n1.Cl.Cl. The fourth-order valence-electron chi connectivity index (χ4n) is 2.81. The average Bonchev–Trinajstić information content (AvgIpc) is 2.61. The maximum Gasteiger partial charge on any atom is 0.271 e. The van der Waals surface area contributed by atoms with Crippen LogP contribution in [0.25, 0.3) is 11.0 Å². The van der Waals surface area contributed by atoms with Crippen LogP contribution in [0.2, 0.25) is 0 Å². The Morgan fingerprint density at radius 2 is 1.78 bits per heavy atom. The Balaban J connectivity index is 0.00000338. The molecule has 1 amide bonds. The Morgan fingerprint density at radius 1 is 1.07 bits per heavy atom. The lowest BCUT2D eigenvalue weighted by molar-refractivity contribution is 0.0947. The van der Waals surface area contributed by atoms with Crippen molar-refractivity contribution >= 4 is 64.3 Å². The molecule has 0 saturated carbocycles. The maximum absolute atomic E-state index is 12.2. The summed E-state index contributed by atoms with van der Waals surface area (Å²) >= 11 is 2.24. The van der Waals surface area contributed by atoms with Crippen molar-refractivity contribution in [2.24, 2.45) is 0 Å². The van der Waals surface area contributed by atoms with Crippen LogP contribution in [0, 0.1) is 3.57 Å². The summed E-state index contributed by atoms with van der Waals surface area (Å²) in [6.07, 6.45) is 6.02. The fraction of sp³-hybridized carbons (Fsp3) is 0.526. The fourth-order valence-corrected chi connectivity index (χ4v) is 3.29. The summed E-state index contributed by atoms with van der Waals surface area (Å²) in [4.78, 5) is 23.5. The molecule has 0 aliphatic rings. The monoisotopic (exact) mass is 526 g/mol. The second kappa shape index (κ2) is 14.3. The van der Waals surface area contributed by atoms with E-state index in [2.05, 4.69) is 56.6 Å². The van der Waals surface area contributed by atoms with Crippen LogP contribution in [0.4, 0.5) is 0 Å². The normalized spacial score (nSPS) is 10.4. The van der Waals surface area contributed by atoms with E-state index >= 15 is 0 Å². The molecule has 1 heterocycles. The Hall–Kier alpha value is -0.700. The van der Waals surface area contributed by atoms with Gasteiger partial charge in [-0.25, -0.2) is 4.98 Å². The van der Waals surface area contributed by atoms with Crippen LogP contribution in [0.15, 0.2) is 24.4 Å². The molecule has 2 rings (SSSR count). The Labute approximate surface area is 188 Å². The standard InChI is InChI=1S/C19H27IN4O.2ClH/c1-3-10-24(11-4-2)12-6-5-9-21-19(25)18-14-22-17-13-15(20)7-8-16(17)23-18;;/h7-8,13-14H,3-6,9-12H2,1-2H3,(H,21,25);2*1H. The largest absolute Gasteiger partial charge is 0.351 e. The first-order valence-electron chi connectivity index (χ1n) is 9.07. The van der Waals surface area contributed by atoms with E-state index < -0.39 is 0 Å². The molecule has 5 nitrogen and oxygen atoms in total. The Bertz CT molecular complexity index is 696. The number of nitrogens with zero attached hydrogens (tertiary/aromatic N) is 3. The van der Waals surface area contributed by atoms with Gasteiger partial charge in [0.2, 0.25) is 0 Å². The Morgan fingerprint density at radius 3 is 2.44 bits per heavy atom. The highest BCUT2D eigenvalue weighted by Gasteiger charge is 2.09. The van der Waals surface area contributed by atoms with E-state index in [1.54, 1.807) is 6.20 Å². The highest BCUT2D eigenvalue weighted by atomic mass is 127. The van der Waals surface area contributed by atoms with Gasteiger partial charge in [0, 0.05) is 10.1 Å². The van der Waals surface area contributed by atoms with Crippen molar-refractivity contribution in [2.45, 2.75) is 39.5 Å². The third-order valence-corrected chi connectivity index (χ3v) is 4.67. The summed E-state index contributed by atoms with van der Waals surface area (Å²) in [5, 5.41) is 2.95. The third kappa shape index (κ3) is 8.89. The van der Waals surface area contributed by atoms with E-state index in [-0.39, 0.29) is 30.7 Å². The zero-order valence-corrected chi connectivity index (χ0v) is 19.7. The minimum absolute atomic E-state index is 0. The van der Waals surface area contributed by atoms with Gasteiger partial charge in [0.25, 0.3) is 5.91 Å². The number of rotatable bonds is 10. The lowest BCUT2D eigenvalue weighted by Crippen LogP contribution is -2.29. The number of fused-ring (bicyclic) bond motifs is 1. The van der Waals surface area contributed by atoms with E-state index in [9.17, 15) is 4.79 Å². The molecule has 1 aromatic carbocycles. The van der Waals surface area contributed by atoms with Crippen molar-refractivity contribution < 1.29 is 4.79 Å². The number of amides is 1. The molecular weight excluding hydrogens is 498 g/mol. The number of hydrogen-bond acceptors (Lipinski definition) is 4. The van der Waals surface area contributed by atoms with E-state index in [4.69, 9.17) is 0 Å². The van der Waals surface area contributed by atoms with Gasteiger partial charge in [0.1, 0.15) is 5.69 Å². The van der Waals surface area contributed by atoms with Gasteiger partial charge < -0.3 is 10.2 Å². The molecule has 27 heavy (non-hydrogen) atoms. The first-order chi connectivity index (χ1) is 12.1. The zero-order chi connectivity index (χ0) is 18.1. The van der Waals surface area contributed by atoms with Crippen LogP contribution in [0.3, 0.4) is 0 Å². The second-order valence-electron chi connectivity index (χ2n) is 6.19. The van der Waals surface area contributed by atoms with Gasteiger partial charge in [-0.1, -0.05) is 13.8 Å². The van der Waals surface area contributed by atoms with Crippen molar-refractivity contribution in [2.75, 3.05) is 26.2 Å². The molecule has 0 atom stereocenters. The molecule has 8 heteroatoms. The zero-order valence-electron chi connectivity index (χ0n) is 15.9. The molecule has 0 bridgehead atoms. The minimum atomic E-state index is -0.146. The number of hydrogen-bond donors (Lipinski definition) is 1. The Kier molecular flexibility index (Phi) is 13.9. The second-order valence-corrected chi connectivity index (χ2v) is 7.44. The number of aromatic nitrogens is 2. The number of nitrogens with one attached hydrogen (secondary N) is 1. The van der Waals surface area contributed by atoms with Crippen molar-refractivity contribution in [3.8, 4) is 0 Å². The van der Waals surface area contributed by atoms with Crippen molar-refractivity contribution in [1.82, 2.24) is 20.2 Å². The number of carbonyl (C=O) groups is 1. The summed E-state index contributed by atoms with van der Waals surface area (Å²) in [6.45, 7) is 8.53. The highest BCUT2D eigenvalue weighted by molar-refractivity contribution is 14.1. The van der Waals surface area contributed by atoms with Gasteiger partial charge in [0.15, 0.2) is 0 Å². The molecule has 2 aromatic rings. The first kappa shape index (κ1) is 26.3. The summed E-state index contributed by atoms with van der Waals surface area (Å²) in [5.74, 6) is -0.146. The van der Waals surface area contributed by atoms with Crippen LogP contribution < -0.4 is 5.32 Å². The number of carbonyl (C=O) groups excluding carboxylic acids is 1. The van der Waals surface area contributed by atoms with Gasteiger partial charge in [-0.05, 0) is 86.1 Å². The van der Waals surface area contributed by atoms with E-state index in [0.29, 0.717) is 12.2 Å². The summed E-state index contributed by atoms with van der Waals surface area (Å²) < 4.78 is 1.11. The van der Waals surface area contributed by atoms with Gasteiger partial charge >= 0.3 is 0 Å². The van der Waals surface area contributed by atoms with Crippen LogP contribution in [0.5, 0.6) is 0 Å². The molecule has 1 aromatic heterocycles. The van der Waals surface area contributed by atoms with Gasteiger partial charge in [-0.2, -0.15) is 0 Å². The molecule has 0 unspecified atom stereocenters. The van der Waals surface area contributed by atoms with Crippen molar-refractivity contribution in [1.29, 1.82) is 0 Å². The maximum atomic E-state index is 12.2. The number of benzene rings is 1. The van der Waals surface area contributed by atoms with Crippen molar-refractivity contribution in [3.05, 3.63) is 33.7 Å². The van der Waals surface area contributed by atoms with Crippen LogP contribution in [0.1, 0.15) is 50.0 Å².